The number of aromatic nitrogens is 1. The van der Waals surface area contributed by atoms with E-state index in [0.29, 0.717) is 12.8 Å². The molecule has 0 fully saturated rings. The molecule has 5 heteroatoms. The smallest absolute Gasteiger partial charge is 0.242 e. The van der Waals surface area contributed by atoms with Crippen LogP contribution in [0.1, 0.15) is 39.2 Å². The topological polar surface area (TPSA) is 74.0 Å². The number of benzene rings is 1. The number of nitrogens with one attached hydrogen (secondary N) is 3. The van der Waals surface area contributed by atoms with E-state index in [4.69, 9.17) is 0 Å². The highest BCUT2D eigenvalue weighted by molar-refractivity contribution is 5.88. The molecule has 0 aliphatic heterocycles. The summed E-state index contributed by atoms with van der Waals surface area (Å²) in [4.78, 5) is 27.2. The average molecular weight is 315 g/mol. The summed E-state index contributed by atoms with van der Waals surface area (Å²) in [6.45, 7) is 5.67. The van der Waals surface area contributed by atoms with E-state index in [1.54, 1.807) is 6.92 Å². The van der Waals surface area contributed by atoms with Gasteiger partial charge in [-0.05, 0) is 38.3 Å². The summed E-state index contributed by atoms with van der Waals surface area (Å²) in [5, 5.41) is 6.77. The third kappa shape index (κ3) is 4.58. The van der Waals surface area contributed by atoms with Crippen LogP contribution < -0.4 is 10.6 Å². The predicted octanol–water partition coefficient (Wildman–Crippen LogP) is 2.52. The second kappa shape index (κ2) is 7.81. The van der Waals surface area contributed by atoms with Crippen LogP contribution in [0.25, 0.3) is 10.9 Å². The van der Waals surface area contributed by atoms with Crippen LogP contribution in [0.3, 0.4) is 0 Å². The Labute approximate surface area is 136 Å². The van der Waals surface area contributed by atoms with Gasteiger partial charge in [-0.25, -0.2) is 0 Å². The van der Waals surface area contributed by atoms with Crippen molar-refractivity contribution in [2.24, 2.45) is 0 Å². The third-order valence-electron chi connectivity index (χ3n) is 4.07. The summed E-state index contributed by atoms with van der Waals surface area (Å²) in [6.07, 6.45) is 3.82. The first-order valence-electron chi connectivity index (χ1n) is 8.16. The lowest BCUT2D eigenvalue weighted by molar-refractivity contribution is -0.128. The SMILES string of the molecule is CC[C@H](C)NC(=O)[C@H](C)NC(=O)CCc1c[nH]c2ccccc12. The van der Waals surface area contributed by atoms with E-state index in [-0.39, 0.29) is 17.9 Å². The van der Waals surface area contributed by atoms with Gasteiger partial charge in [-0.3, -0.25) is 9.59 Å². The molecule has 1 aromatic heterocycles. The van der Waals surface area contributed by atoms with Gasteiger partial charge in [0, 0.05) is 29.6 Å². The Hall–Kier alpha value is -2.30. The van der Waals surface area contributed by atoms with Crippen molar-refractivity contribution in [3.8, 4) is 0 Å². The summed E-state index contributed by atoms with van der Waals surface area (Å²) in [6, 6.07) is 7.63. The Balaban J connectivity index is 1.84. The molecule has 1 heterocycles. The maximum absolute atomic E-state index is 12.0. The standard InChI is InChI=1S/C18H25N3O2/c1-4-12(2)20-18(23)13(3)21-17(22)10-9-14-11-19-16-8-6-5-7-15(14)16/h5-8,11-13,19H,4,9-10H2,1-3H3,(H,20,23)(H,21,22)/t12-,13-/m0/s1. The molecule has 0 radical (unpaired) electrons. The van der Waals surface area contributed by atoms with Gasteiger partial charge in [0.2, 0.25) is 11.8 Å². The predicted molar refractivity (Wildman–Crippen MR) is 92.1 cm³/mol. The number of rotatable bonds is 7. The van der Waals surface area contributed by atoms with Crippen molar-refractivity contribution >= 4 is 22.7 Å². The van der Waals surface area contributed by atoms with Gasteiger partial charge >= 0.3 is 0 Å². The molecular weight excluding hydrogens is 290 g/mol. The molecule has 5 nitrogen and oxygen atoms in total. The number of hydrogen-bond donors (Lipinski definition) is 3. The Morgan fingerprint density at radius 1 is 1.17 bits per heavy atom. The Kier molecular flexibility index (Phi) is 5.79. The first kappa shape index (κ1) is 17.1. The van der Waals surface area contributed by atoms with Crippen LogP contribution in [0.15, 0.2) is 30.5 Å². The van der Waals surface area contributed by atoms with Crippen molar-refractivity contribution in [3.05, 3.63) is 36.0 Å². The van der Waals surface area contributed by atoms with Gasteiger partial charge in [0.1, 0.15) is 6.04 Å². The minimum Gasteiger partial charge on any atom is -0.361 e. The van der Waals surface area contributed by atoms with Crippen LogP contribution in [0.2, 0.25) is 0 Å². The fourth-order valence-electron chi connectivity index (χ4n) is 2.44. The van der Waals surface area contributed by atoms with Crippen molar-refractivity contribution in [2.75, 3.05) is 0 Å². The van der Waals surface area contributed by atoms with Gasteiger partial charge in [-0.2, -0.15) is 0 Å². The summed E-state index contributed by atoms with van der Waals surface area (Å²) >= 11 is 0. The second-order valence-electron chi connectivity index (χ2n) is 5.97. The molecule has 0 saturated heterocycles. The zero-order valence-electron chi connectivity index (χ0n) is 14.0. The molecule has 0 unspecified atom stereocenters. The first-order chi connectivity index (χ1) is 11.0. The Bertz CT molecular complexity index is 678. The van der Waals surface area contributed by atoms with Crippen molar-refractivity contribution in [2.45, 2.75) is 52.1 Å². The van der Waals surface area contributed by atoms with E-state index in [1.807, 2.05) is 44.3 Å². The van der Waals surface area contributed by atoms with Gasteiger partial charge in [0.25, 0.3) is 0 Å². The summed E-state index contributed by atoms with van der Waals surface area (Å²) < 4.78 is 0. The zero-order chi connectivity index (χ0) is 16.8. The van der Waals surface area contributed by atoms with Gasteiger partial charge < -0.3 is 15.6 Å². The minimum atomic E-state index is -0.514. The highest BCUT2D eigenvalue weighted by Gasteiger charge is 2.17. The number of hydrogen-bond acceptors (Lipinski definition) is 2. The molecule has 0 spiro atoms. The van der Waals surface area contributed by atoms with Crippen LogP contribution in [0.4, 0.5) is 0 Å². The fourth-order valence-corrected chi connectivity index (χ4v) is 2.44. The van der Waals surface area contributed by atoms with E-state index < -0.39 is 6.04 Å². The molecule has 23 heavy (non-hydrogen) atoms. The van der Waals surface area contributed by atoms with Crippen LogP contribution in [-0.2, 0) is 16.0 Å². The first-order valence-corrected chi connectivity index (χ1v) is 8.16. The van der Waals surface area contributed by atoms with E-state index in [1.165, 1.54) is 0 Å². The van der Waals surface area contributed by atoms with Crippen molar-refractivity contribution in [3.63, 3.8) is 0 Å². The monoisotopic (exact) mass is 315 g/mol. The number of H-pyrrole nitrogens is 1. The average Bonchev–Trinajstić information content (AvgIpc) is 2.95. The molecule has 0 aliphatic rings. The molecule has 2 atom stereocenters. The normalized spacial score (nSPS) is 13.5. The Morgan fingerprint density at radius 3 is 2.65 bits per heavy atom. The molecule has 2 aromatic rings. The number of carbonyl (C=O) groups is 2. The molecular formula is C18H25N3O2. The van der Waals surface area contributed by atoms with E-state index in [9.17, 15) is 9.59 Å². The van der Waals surface area contributed by atoms with Crippen molar-refractivity contribution in [1.82, 2.24) is 15.6 Å². The third-order valence-corrected chi connectivity index (χ3v) is 4.07. The molecule has 0 saturated carbocycles. The quantitative estimate of drug-likeness (QED) is 0.734. The van der Waals surface area contributed by atoms with Gasteiger partial charge in [-0.15, -0.1) is 0 Å². The number of fused-ring (bicyclic) bond motifs is 1. The number of carbonyl (C=O) groups excluding carboxylic acids is 2. The van der Waals surface area contributed by atoms with Crippen molar-refractivity contribution in [1.29, 1.82) is 0 Å². The largest absolute Gasteiger partial charge is 0.361 e. The summed E-state index contributed by atoms with van der Waals surface area (Å²) in [5.74, 6) is -0.248. The summed E-state index contributed by atoms with van der Waals surface area (Å²) in [7, 11) is 0. The van der Waals surface area contributed by atoms with Crippen LogP contribution in [0.5, 0.6) is 0 Å². The highest BCUT2D eigenvalue weighted by atomic mass is 16.2. The fraction of sp³-hybridized carbons (Fsp3) is 0.444. The van der Waals surface area contributed by atoms with Crippen LogP contribution >= 0.6 is 0 Å². The second-order valence-corrected chi connectivity index (χ2v) is 5.97. The zero-order valence-corrected chi connectivity index (χ0v) is 14.0. The molecule has 124 valence electrons. The van der Waals surface area contributed by atoms with E-state index in [2.05, 4.69) is 15.6 Å². The highest BCUT2D eigenvalue weighted by Crippen LogP contribution is 2.18. The van der Waals surface area contributed by atoms with Crippen molar-refractivity contribution < 1.29 is 9.59 Å². The van der Waals surface area contributed by atoms with E-state index in [0.717, 1.165) is 22.9 Å². The molecule has 2 rings (SSSR count). The Morgan fingerprint density at radius 2 is 1.91 bits per heavy atom. The molecule has 0 bridgehead atoms. The number of aromatic amines is 1. The van der Waals surface area contributed by atoms with Gasteiger partial charge in [-0.1, -0.05) is 25.1 Å². The number of amides is 2. The minimum absolute atomic E-state index is 0.109. The lowest BCUT2D eigenvalue weighted by atomic mass is 10.1. The van der Waals surface area contributed by atoms with E-state index >= 15 is 0 Å². The van der Waals surface area contributed by atoms with Crippen LogP contribution in [0, 0.1) is 0 Å². The molecule has 2 amide bonds. The molecule has 1 aromatic carbocycles. The maximum Gasteiger partial charge on any atom is 0.242 e. The lowest BCUT2D eigenvalue weighted by Gasteiger charge is -2.17. The van der Waals surface area contributed by atoms with Gasteiger partial charge in [0.15, 0.2) is 0 Å². The molecule has 0 aliphatic carbocycles. The summed E-state index contributed by atoms with van der Waals surface area (Å²) in [5.41, 5.74) is 2.19. The lowest BCUT2D eigenvalue weighted by Crippen LogP contribution is -2.47. The van der Waals surface area contributed by atoms with Gasteiger partial charge in [0.05, 0.1) is 0 Å². The number of para-hydroxylation sites is 1. The number of aryl methyl sites for hydroxylation is 1. The van der Waals surface area contributed by atoms with Crippen LogP contribution in [-0.4, -0.2) is 28.9 Å². The maximum atomic E-state index is 12.0. The molecule has 3 N–H and O–H groups in total.